The van der Waals surface area contributed by atoms with E-state index in [1.165, 1.54) is 20.3 Å². The van der Waals surface area contributed by atoms with Crippen LogP contribution in [0.4, 0.5) is 8.78 Å². The molecule has 112 valence electrons. The fourth-order valence-electron chi connectivity index (χ4n) is 2.82. The molecule has 1 aliphatic heterocycles. The first-order valence-electron chi connectivity index (χ1n) is 6.53. The van der Waals surface area contributed by atoms with Gasteiger partial charge in [-0.15, -0.1) is 0 Å². The minimum Gasteiger partial charge on any atom is -0.494 e. The summed E-state index contributed by atoms with van der Waals surface area (Å²) in [7, 11) is 4.49. The van der Waals surface area contributed by atoms with E-state index in [0.29, 0.717) is 18.0 Å². The molecule has 20 heavy (non-hydrogen) atoms. The lowest BCUT2D eigenvalue weighted by molar-refractivity contribution is 0.292. The van der Waals surface area contributed by atoms with Crippen molar-refractivity contribution in [3.63, 3.8) is 0 Å². The number of hydrogen-bond donors (Lipinski definition) is 1. The van der Waals surface area contributed by atoms with Gasteiger partial charge < -0.3 is 15.2 Å². The van der Waals surface area contributed by atoms with Crippen molar-refractivity contribution < 1.29 is 18.3 Å². The summed E-state index contributed by atoms with van der Waals surface area (Å²) in [4.78, 5) is 2.02. The summed E-state index contributed by atoms with van der Waals surface area (Å²) in [5, 5.41) is 0. The van der Waals surface area contributed by atoms with Crippen LogP contribution >= 0.6 is 0 Å². The second-order valence-electron chi connectivity index (χ2n) is 5.12. The fraction of sp³-hybridized carbons (Fsp3) is 0.571. The maximum atomic E-state index is 14.4. The second kappa shape index (κ2) is 5.93. The molecule has 0 amide bonds. The summed E-state index contributed by atoms with van der Waals surface area (Å²) in [5.74, 6) is -1.58. The van der Waals surface area contributed by atoms with Gasteiger partial charge in [-0.3, -0.25) is 4.90 Å². The topological polar surface area (TPSA) is 47.7 Å². The molecule has 1 aromatic rings. The van der Waals surface area contributed by atoms with Crippen LogP contribution in [0.1, 0.15) is 18.0 Å². The van der Waals surface area contributed by atoms with Gasteiger partial charge in [0.15, 0.2) is 17.3 Å². The summed E-state index contributed by atoms with van der Waals surface area (Å²) >= 11 is 0. The summed E-state index contributed by atoms with van der Waals surface area (Å²) < 4.78 is 38.1. The predicted octanol–water partition coefficient (Wildman–Crippen LogP) is 1.93. The van der Waals surface area contributed by atoms with E-state index in [1.54, 1.807) is 0 Å². The molecule has 0 aromatic heterocycles. The van der Waals surface area contributed by atoms with Gasteiger partial charge in [0.1, 0.15) is 0 Å². The SMILES string of the molecule is COc1cc(C2CC(CN)CN2C)c(F)c(OC)c1F. The molecule has 1 heterocycles. The number of ether oxygens (including phenoxy) is 2. The van der Waals surface area contributed by atoms with Gasteiger partial charge in [0, 0.05) is 18.2 Å². The number of hydrogen-bond acceptors (Lipinski definition) is 4. The molecule has 1 aliphatic rings. The number of methoxy groups -OCH3 is 2. The zero-order chi connectivity index (χ0) is 14.9. The average molecular weight is 286 g/mol. The van der Waals surface area contributed by atoms with Crippen molar-refractivity contribution in [1.29, 1.82) is 0 Å². The molecule has 0 radical (unpaired) electrons. The van der Waals surface area contributed by atoms with Gasteiger partial charge >= 0.3 is 0 Å². The third kappa shape index (κ3) is 2.45. The first kappa shape index (κ1) is 15.0. The Bertz CT molecular complexity index is 497. The van der Waals surface area contributed by atoms with E-state index in [0.717, 1.165) is 13.0 Å². The molecule has 2 N–H and O–H groups in total. The van der Waals surface area contributed by atoms with Gasteiger partial charge in [0.2, 0.25) is 5.82 Å². The van der Waals surface area contributed by atoms with Crippen LogP contribution in [0, 0.1) is 17.6 Å². The van der Waals surface area contributed by atoms with Crippen molar-refractivity contribution in [3.8, 4) is 11.5 Å². The van der Waals surface area contributed by atoms with Crippen molar-refractivity contribution >= 4 is 0 Å². The summed E-state index contributed by atoms with van der Waals surface area (Å²) in [6, 6.07) is 1.26. The minimum atomic E-state index is -0.813. The smallest absolute Gasteiger partial charge is 0.209 e. The molecule has 0 bridgehead atoms. The number of nitrogens with zero attached hydrogens (tertiary/aromatic N) is 1. The lowest BCUT2D eigenvalue weighted by atomic mass is 9.98. The molecule has 2 unspecified atom stereocenters. The van der Waals surface area contributed by atoms with Crippen molar-refractivity contribution in [2.45, 2.75) is 12.5 Å². The molecule has 2 rings (SSSR count). The maximum absolute atomic E-state index is 14.4. The Kier molecular flexibility index (Phi) is 4.45. The lowest BCUT2D eigenvalue weighted by Crippen LogP contribution is -2.21. The van der Waals surface area contributed by atoms with Crippen LogP contribution in [0.25, 0.3) is 0 Å². The van der Waals surface area contributed by atoms with Gasteiger partial charge in [-0.25, -0.2) is 4.39 Å². The Labute approximate surface area is 117 Å². The van der Waals surface area contributed by atoms with E-state index in [-0.39, 0.29) is 11.8 Å². The molecule has 1 fully saturated rings. The van der Waals surface area contributed by atoms with Crippen LogP contribution in [0.2, 0.25) is 0 Å². The van der Waals surface area contributed by atoms with Crippen molar-refractivity contribution in [2.24, 2.45) is 11.7 Å². The molecule has 4 nitrogen and oxygen atoms in total. The van der Waals surface area contributed by atoms with Crippen molar-refractivity contribution in [1.82, 2.24) is 4.90 Å². The van der Waals surface area contributed by atoms with Crippen LogP contribution in [-0.4, -0.2) is 39.3 Å². The lowest BCUT2D eigenvalue weighted by Gasteiger charge is -2.22. The van der Waals surface area contributed by atoms with E-state index in [1.807, 2.05) is 11.9 Å². The van der Waals surface area contributed by atoms with Gasteiger partial charge in [0.05, 0.1) is 14.2 Å². The third-order valence-corrected chi connectivity index (χ3v) is 3.91. The first-order valence-corrected chi connectivity index (χ1v) is 6.53. The summed E-state index contributed by atoms with van der Waals surface area (Å²) in [6.07, 6.45) is 0.738. The molecule has 1 aromatic carbocycles. The Balaban J connectivity index is 2.46. The highest BCUT2D eigenvalue weighted by Crippen LogP contribution is 2.41. The zero-order valence-corrected chi connectivity index (χ0v) is 12.0. The number of likely N-dealkylation sites (tertiary alicyclic amines) is 1. The Morgan fingerprint density at radius 1 is 1.30 bits per heavy atom. The van der Waals surface area contributed by atoms with Crippen LogP contribution in [-0.2, 0) is 0 Å². The molecule has 0 saturated carbocycles. The molecule has 1 saturated heterocycles. The van der Waals surface area contributed by atoms with Crippen LogP contribution in [0.3, 0.4) is 0 Å². The summed E-state index contributed by atoms with van der Waals surface area (Å²) in [5.41, 5.74) is 6.07. The molecular formula is C14H20F2N2O2. The van der Waals surface area contributed by atoms with E-state index in [4.69, 9.17) is 15.2 Å². The quantitative estimate of drug-likeness (QED) is 0.919. The van der Waals surface area contributed by atoms with Gasteiger partial charge in [-0.2, -0.15) is 4.39 Å². The van der Waals surface area contributed by atoms with E-state index < -0.39 is 17.4 Å². The number of benzene rings is 1. The molecule has 0 spiro atoms. The molecular weight excluding hydrogens is 266 g/mol. The van der Waals surface area contributed by atoms with Crippen LogP contribution in [0.5, 0.6) is 11.5 Å². The number of halogens is 2. The van der Waals surface area contributed by atoms with Gasteiger partial charge in [-0.1, -0.05) is 0 Å². The van der Waals surface area contributed by atoms with E-state index in [2.05, 4.69) is 0 Å². The average Bonchev–Trinajstić information content (AvgIpc) is 2.81. The van der Waals surface area contributed by atoms with Crippen molar-refractivity contribution in [2.75, 3.05) is 34.4 Å². The highest BCUT2D eigenvalue weighted by molar-refractivity contribution is 5.43. The Hall–Kier alpha value is -1.40. The monoisotopic (exact) mass is 286 g/mol. The first-order chi connectivity index (χ1) is 9.53. The van der Waals surface area contributed by atoms with Gasteiger partial charge in [-0.05, 0) is 32.0 Å². The Morgan fingerprint density at radius 3 is 2.50 bits per heavy atom. The molecule has 6 heteroatoms. The summed E-state index contributed by atoms with van der Waals surface area (Å²) in [6.45, 7) is 1.35. The molecule has 0 aliphatic carbocycles. The normalized spacial score (nSPS) is 23.1. The van der Waals surface area contributed by atoms with Crippen LogP contribution in [0.15, 0.2) is 6.07 Å². The largest absolute Gasteiger partial charge is 0.494 e. The third-order valence-electron chi connectivity index (χ3n) is 3.91. The highest BCUT2D eigenvalue weighted by atomic mass is 19.1. The zero-order valence-electron chi connectivity index (χ0n) is 12.0. The maximum Gasteiger partial charge on any atom is 0.209 e. The van der Waals surface area contributed by atoms with Crippen LogP contribution < -0.4 is 15.2 Å². The van der Waals surface area contributed by atoms with E-state index in [9.17, 15) is 8.78 Å². The fourth-order valence-corrected chi connectivity index (χ4v) is 2.82. The highest BCUT2D eigenvalue weighted by Gasteiger charge is 2.34. The van der Waals surface area contributed by atoms with E-state index >= 15 is 0 Å². The second-order valence-corrected chi connectivity index (χ2v) is 5.12. The molecule has 2 atom stereocenters. The minimum absolute atomic E-state index is 0.0113. The van der Waals surface area contributed by atoms with Gasteiger partial charge in [0.25, 0.3) is 0 Å². The van der Waals surface area contributed by atoms with Crippen molar-refractivity contribution in [3.05, 3.63) is 23.3 Å². The standard InChI is InChI=1S/C14H20F2N2O2/c1-18-7-8(6-17)4-10(18)9-5-11(19-2)13(16)14(20-3)12(9)15/h5,8,10H,4,6-7,17H2,1-3H3. The number of nitrogens with two attached hydrogens (primary N) is 1. The predicted molar refractivity (Wildman–Crippen MR) is 72.0 cm³/mol. The Morgan fingerprint density at radius 2 is 2.00 bits per heavy atom. The number of rotatable bonds is 4.